The summed E-state index contributed by atoms with van der Waals surface area (Å²) in [5.74, 6) is 1.38. The van der Waals surface area contributed by atoms with Gasteiger partial charge in [0.1, 0.15) is 5.82 Å². The Morgan fingerprint density at radius 2 is 1.88 bits per heavy atom. The molecule has 0 aliphatic rings. The minimum absolute atomic E-state index is 0.0946. The summed E-state index contributed by atoms with van der Waals surface area (Å²) in [5.41, 5.74) is 1.63. The average molecular weight is 352 g/mol. The van der Waals surface area contributed by atoms with Crippen LogP contribution in [0.5, 0.6) is 11.5 Å². The lowest BCUT2D eigenvalue weighted by Crippen LogP contribution is -2.30. The van der Waals surface area contributed by atoms with Gasteiger partial charge >= 0.3 is 0 Å². The second kappa shape index (κ2) is 8.40. The van der Waals surface area contributed by atoms with E-state index in [0.717, 1.165) is 11.3 Å². The molecule has 2 aromatic rings. The molecule has 0 fully saturated rings. The lowest BCUT2D eigenvalue weighted by atomic mass is 10.2. The van der Waals surface area contributed by atoms with Crippen molar-refractivity contribution in [3.63, 3.8) is 0 Å². The Kier molecular flexibility index (Phi) is 6.26. The zero-order valence-electron chi connectivity index (χ0n) is 13.7. The molecule has 0 bridgehead atoms. The van der Waals surface area contributed by atoms with Crippen LogP contribution in [0.15, 0.2) is 41.4 Å². The van der Waals surface area contributed by atoms with Gasteiger partial charge in [-0.3, -0.25) is 4.99 Å². The van der Waals surface area contributed by atoms with E-state index in [-0.39, 0.29) is 5.02 Å². The van der Waals surface area contributed by atoms with Gasteiger partial charge in [-0.1, -0.05) is 17.7 Å². The predicted molar refractivity (Wildman–Crippen MR) is 94.8 cm³/mol. The van der Waals surface area contributed by atoms with Crippen LogP contribution in [0.1, 0.15) is 5.56 Å². The largest absolute Gasteiger partial charge is 0.493 e. The van der Waals surface area contributed by atoms with Crippen molar-refractivity contribution in [1.82, 2.24) is 5.32 Å². The molecule has 2 N–H and O–H groups in total. The first kappa shape index (κ1) is 17.9. The predicted octanol–water partition coefficient (Wildman–Crippen LogP) is 3.68. The van der Waals surface area contributed by atoms with Crippen molar-refractivity contribution >= 4 is 23.2 Å². The highest BCUT2D eigenvalue weighted by Gasteiger charge is 2.07. The highest BCUT2D eigenvalue weighted by molar-refractivity contribution is 6.30. The molecule has 0 heterocycles. The molecule has 0 radical (unpaired) electrons. The van der Waals surface area contributed by atoms with Gasteiger partial charge < -0.3 is 20.1 Å². The number of hydrogen-bond acceptors (Lipinski definition) is 3. The number of rotatable bonds is 5. The fourth-order valence-electron chi connectivity index (χ4n) is 2.07. The van der Waals surface area contributed by atoms with Gasteiger partial charge in [-0.2, -0.15) is 0 Å². The molecule has 0 saturated heterocycles. The van der Waals surface area contributed by atoms with Crippen molar-refractivity contribution in [2.75, 3.05) is 26.6 Å². The Hall–Kier alpha value is -2.47. The molecule has 7 heteroatoms. The third-order valence-corrected chi connectivity index (χ3v) is 3.60. The summed E-state index contributed by atoms with van der Waals surface area (Å²) >= 11 is 5.78. The molecule has 5 nitrogen and oxygen atoms in total. The minimum Gasteiger partial charge on any atom is -0.493 e. The molecule has 0 unspecified atom stereocenters. The number of benzene rings is 2. The number of methoxy groups -OCH3 is 2. The number of aliphatic imine (C=N–C) groups is 1. The average Bonchev–Trinajstić information content (AvgIpc) is 2.61. The summed E-state index contributed by atoms with van der Waals surface area (Å²) in [4.78, 5) is 4.15. The minimum atomic E-state index is -0.437. The van der Waals surface area contributed by atoms with E-state index in [1.165, 1.54) is 6.07 Å². The van der Waals surface area contributed by atoms with Crippen LogP contribution in [0.4, 0.5) is 10.1 Å². The Morgan fingerprint density at radius 3 is 2.50 bits per heavy atom. The molecule has 2 rings (SSSR count). The Labute approximate surface area is 145 Å². The van der Waals surface area contributed by atoms with E-state index in [2.05, 4.69) is 15.6 Å². The molecular weight excluding hydrogens is 333 g/mol. The van der Waals surface area contributed by atoms with Gasteiger partial charge in [-0.15, -0.1) is 0 Å². The molecule has 0 aliphatic carbocycles. The Morgan fingerprint density at radius 1 is 1.12 bits per heavy atom. The van der Waals surface area contributed by atoms with E-state index in [4.69, 9.17) is 21.1 Å². The van der Waals surface area contributed by atoms with Crippen LogP contribution in [0.25, 0.3) is 0 Å². The molecule has 24 heavy (non-hydrogen) atoms. The summed E-state index contributed by atoms with van der Waals surface area (Å²) in [6.45, 7) is 0.451. The molecule has 128 valence electrons. The van der Waals surface area contributed by atoms with Crippen molar-refractivity contribution in [3.05, 3.63) is 52.8 Å². The van der Waals surface area contributed by atoms with Crippen molar-refractivity contribution in [2.24, 2.45) is 4.99 Å². The number of hydrogen-bond donors (Lipinski definition) is 2. The number of ether oxygens (including phenoxy) is 2. The van der Waals surface area contributed by atoms with Gasteiger partial charge in [-0.25, -0.2) is 4.39 Å². The van der Waals surface area contributed by atoms with E-state index in [1.54, 1.807) is 45.5 Å². The van der Waals surface area contributed by atoms with Crippen LogP contribution in [0.3, 0.4) is 0 Å². The van der Waals surface area contributed by atoms with Gasteiger partial charge in [0.2, 0.25) is 0 Å². The van der Waals surface area contributed by atoms with Gasteiger partial charge in [0.25, 0.3) is 0 Å². The SMILES string of the molecule is CN=C(NCc1ccc(F)c(Cl)c1)Nc1ccc(OC)c(OC)c1. The molecular formula is C17H19ClFN3O2. The first-order chi connectivity index (χ1) is 11.6. The molecule has 0 spiro atoms. The number of nitrogens with one attached hydrogen (secondary N) is 2. The summed E-state index contributed by atoms with van der Waals surface area (Å²) in [7, 11) is 4.82. The summed E-state index contributed by atoms with van der Waals surface area (Å²) in [6, 6.07) is 10.0. The third-order valence-electron chi connectivity index (χ3n) is 3.31. The number of nitrogens with zero attached hydrogens (tertiary/aromatic N) is 1. The number of halogens is 2. The first-order valence-electron chi connectivity index (χ1n) is 7.21. The van der Waals surface area contributed by atoms with Crippen molar-refractivity contribution in [3.8, 4) is 11.5 Å². The maximum atomic E-state index is 13.2. The second-order valence-electron chi connectivity index (χ2n) is 4.87. The standard InChI is InChI=1S/C17H19ClFN3O2/c1-20-17(21-10-11-4-6-14(19)13(18)8-11)22-12-5-7-15(23-2)16(9-12)24-3/h4-9H,10H2,1-3H3,(H2,20,21,22). The van der Waals surface area contributed by atoms with E-state index < -0.39 is 5.82 Å². The normalized spacial score (nSPS) is 11.1. The molecule has 0 saturated carbocycles. The first-order valence-corrected chi connectivity index (χ1v) is 7.58. The quantitative estimate of drug-likeness (QED) is 0.637. The van der Waals surface area contributed by atoms with Gasteiger partial charge in [0, 0.05) is 25.3 Å². The van der Waals surface area contributed by atoms with E-state index in [1.807, 2.05) is 6.07 Å². The van der Waals surface area contributed by atoms with E-state index >= 15 is 0 Å². The van der Waals surface area contributed by atoms with Crippen molar-refractivity contribution in [2.45, 2.75) is 6.54 Å². The van der Waals surface area contributed by atoms with Crippen LogP contribution in [-0.2, 0) is 6.54 Å². The smallest absolute Gasteiger partial charge is 0.195 e. The molecule has 0 amide bonds. The van der Waals surface area contributed by atoms with E-state index in [0.29, 0.717) is 24.0 Å². The van der Waals surface area contributed by atoms with Crippen LogP contribution in [-0.4, -0.2) is 27.2 Å². The molecule has 0 atom stereocenters. The summed E-state index contributed by atoms with van der Waals surface area (Å²) < 4.78 is 23.7. The zero-order chi connectivity index (χ0) is 17.5. The number of guanidine groups is 1. The highest BCUT2D eigenvalue weighted by atomic mass is 35.5. The molecule has 2 aromatic carbocycles. The zero-order valence-corrected chi connectivity index (χ0v) is 14.4. The highest BCUT2D eigenvalue weighted by Crippen LogP contribution is 2.29. The van der Waals surface area contributed by atoms with Gasteiger partial charge in [-0.05, 0) is 29.8 Å². The van der Waals surface area contributed by atoms with Crippen LogP contribution >= 0.6 is 11.6 Å². The molecule has 0 aliphatic heterocycles. The maximum absolute atomic E-state index is 13.2. The van der Waals surface area contributed by atoms with Crippen LogP contribution < -0.4 is 20.1 Å². The fraction of sp³-hybridized carbons (Fsp3) is 0.235. The van der Waals surface area contributed by atoms with Gasteiger partial charge in [0.05, 0.1) is 19.2 Å². The fourth-order valence-corrected chi connectivity index (χ4v) is 2.27. The number of anilines is 1. The molecule has 0 aromatic heterocycles. The van der Waals surface area contributed by atoms with E-state index in [9.17, 15) is 4.39 Å². The maximum Gasteiger partial charge on any atom is 0.195 e. The van der Waals surface area contributed by atoms with Crippen molar-refractivity contribution < 1.29 is 13.9 Å². The Bertz CT molecular complexity index is 738. The van der Waals surface area contributed by atoms with Gasteiger partial charge in [0.15, 0.2) is 17.5 Å². The van der Waals surface area contributed by atoms with Crippen molar-refractivity contribution in [1.29, 1.82) is 0 Å². The lowest BCUT2D eigenvalue weighted by Gasteiger charge is -2.14. The summed E-state index contributed by atoms with van der Waals surface area (Å²) in [5, 5.41) is 6.37. The van der Waals surface area contributed by atoms with Crippen LogP contribution in [0, 0.1) is 5.82 Å². The second-order valence-corrected chi connectivity index (χ2v) is 5.28. The summed E-state index contributed by atoms with van der Waals surface area (Å²) in [6.07, 6.45) is 0. The van der Waals surface area contributed by atoms with Crippen LogP contribution in [0.2, 0.25) is 5.02 Å². The third kappa shape index (κ3) is 4.52. The topological polar surface area (TPSA) is 54.9 Å². The monoisotopic (exact) mass is 351 g/mol. The Balaban J connectivity index is 2.03. The lowest BCUT2D eigenvalue weighted by molar-refractivity contribution is 0.355.